The highest BCUT2D eigenvalue weighted by atomic mass is 35.5. The van der Waals surface area contributed by atoms with E-state index in [-0.39, 0.29) is 6.54 Å². The standard InChI is InChI=1S/C9H10ClF3N2S/c10-7-2-1-3-15-8(7)16-5-4-14-6-9(11,12)13/h1-3,14H,4-6H2. The molecule has 1 aromatic rings. The first-order valence-corrected chi connectivity index (χ1v) is 5.86. The molecule has 16 heavy (non-hydrogen) atoms. The minimum absolute atomic E-state index is 0.261. The van der Waals surface area contributed by atoms with Crippen LogP contribution in [-0.2, 0) is 0 Å². The molecule has 1 rings (SSSR count). The maximum Gasteiger partial charge on any atom is 0.401 e. The van der Waals surface area contributed by atoms with E-state index in [0.717, 1.165) is 0 Å². The zero-order valence-corrected chi connectivity index (χ0v) is 9.79. The predicted octanol–water partition coefficient (Wildman–Crippen LogP) is 2.98. The molecule has 0 saturated heterocycles. The van der Waals surface area contributed by atoms with Crippen molar-refractivity contribution in [1.29, 1.82) is 0 Å². The Morgan fingerprint density at radius 2 is 2.19 bits per heavy atom. The Morgan fingerprint density at radius 1 is 1.44 bits per heavy atom. The summed E-state index contributed by atoms with van der Waals surface area (Å²) in [6.45, 7) is -0.708. The Labute approximate surface area is 101 Å². The van der Waals surface area contributed by atoms with Crippen molar-refractivity contribution < 1.29 is 13.2 Å². The van der Waals surface area contributed by atoms with E-state index in [0.29, 0.717) is 15.8 Å². The summed E-state index contributed by atoms with van der Waals surface area (Å²) in [4.78, 5) is 4.01. The second-order valence-corrected chi connectivity index (χ2v) is 4.42. The van der Waals surface area contributed by atoms with Crippen LogP contribution in [0.25, 0.3) is 0 Å². The summed E-state index contributed by atoms with van der Waals surface area (Å²) in [5, 5.41) is 3.45. The largest absolute Gasteiger partial charge is 0.401 e. The van der Waals surface area contributed by atoms with Crippen LogP contribution in [0.4, 0.5) is 13.2 Å². The smallest absolute Gasteiger partial charge is 0.308 e. The second kappa shape index (κ2) is 6.32. The minimum Gasteiger partial charge on any atom is -0.308 e. The van der Waals surface area contributed by atoms with Gasteiger partial charge in [-0.1, -0.05) is 11.6 Å². The summed E-state index contributed by atoms with van der Waals surface area (Å²) < 4.78 is 35.3. The summed E-state index contributed by atoms with van der Waals surface area (Å²) in [5.41, 5.74) is 0. The molecule has 0 amide bonds. The van der Waals surface area contributed by atoms with Crippen molar-refractivity contribution in [2.45, 2.75) is 11.2 Å². The summed E-state index contributed by atoms with van der Waals surface area (Å²) in [5.74, 6) is 0.493. The molecule has 0 spiro atoms. The lowest BCUT2D eigenvalue weighted by molar-refractivity contribution is -0.124. The molecule has 1 aromatic heterocycles. The summed E-state index contributed by atoms with van der Waals surface area (Å²) in [6.07, 6.45) is -2.56. The van der Waals surface area contributed by atoms with E-state index >= 15 is 0 Å². The highest BCUT2D eigenvalue weighted by Crippen LogP contribution is 2.23. The lowest BCUT2D eigenvalue weighted by atomic mass is 10.5. The first kappa shape index (κ1) is 13.6. The predicted molar refractivity (Wildman–Crippen MR) is 58.9 cm³/mol. The third-order valence-electron chi connectivity index (χ3n) is 1.57. The molecule has 0 aliphatic rings. The number of thioether (sulfide) groups is 1. The zero-order chi connectivity index (χ0) is 12.0. The molecular weight excluding hydrogens is 261 g/mol. The van der Waals surface area contributed by atoms with Crippen molar-refractivity contribution in [3.05, 3.63) is 23.4 Å². The van der Waals surface area contributed by atoms with Gasteiger partial charge < -0.3 is 5.32 Å². The fourth-order valence-corrected chi connectivity index (χ4v) is 1.99. The normalized spacial score (nSPS) is 11.8. The van der Waals surface area contributed by atoms with E-state index in [9.17, 15) is 13.2 Å². The van der Waals surface area contributed by atoms with Gasteiger partial charge in [0, 0.05) is 18.5 Å². The van der Waals surface area contributed by atoms with Gasteiger partial charge in [0.1, 0.15) is 5.03 Å². The number of pyridine rings is 1. The number of rotatable bonds is 5. The van der Waals surface area contributed by atoms with Gasteiger partial charge in [0.2, 0.25) is 0 Å². The third-order valence-corrected chi connectivity index (χ3v) is 2.99. The van der Waals surface area contributed by atoms with Gasteiger partial charge in [-0.05, 0) is 12.1 Å². The summed E-state index contributed by atoms with van der Waals surface area (Å²) >= 11 is 7.15. The van der Waals surface area contributed by atoms with E-state index in [1.54, 1.807) is 18.3 Å². The molecule has 2 nitrogen and oxygen atoms in total. The molecule has 90 valence electrons. The van der Waals surface area contributed by atoms with Gasteiger partial charge in [-0.25, -0.2) is 4.98 Å². The molecule has 0 aliphatic heterocycles. The first-order valence-electron chi connectivity index (χ1n) is 4.50. The van der Waals surface area contributed by atoms with Gasteiger partial charge in [-0.3, -0.25) is 0 Å². The van der Waals surface area contributed by atoms with Crippen LogP contribution in [-0.4, -0.2) is 30.0 Å². The number of nitrogens with zero attached hydrogens (tertiary/aromatic N) is 1. The minimum atomic E-state index is -4.16. The number of halogens is 4. The van der Waals surface area contributed by atoms with E-state index in [4.69, 9.17) is 11.6 Å². The number of hydrogen-bond donors (Lipinski definition) is 1. The van der Waals surface area contributed by atoms with Gasteiger partial charge in [-0.2, -0.15) is 13.2 Å². The van der Waals surface area contributed by atoms with Crippen molar-refractivity contribution in [3.63, 3.8) is 0 Å². The van der Waals surface area contributed by atoms with Gasteiger partial charge in [-0.15, -0.1) is 11.8 Å². The van der Waals surface area contributed by atoms with Crippen molar-refractivity contribution in [2.75, 3.05) is 18.8 Å². The summed E-state index contributed by atoms with van der Waals surface area (Å²) in [6, 6.07) is 3.40. The Morgan fingerprint density at radius 3 is 2.81 bits per heavy atom. The van der Waals surface area contributed by atoms with Crippen LogP contribution in [0.15, 0.2) is 23.4 Å². The number of hydrogen-bond acceptors (Lipinski definition) is 3. The van der Waals surface area contributed by atoms with Crippen LogP contribution in [0.3, 0.4) is 0 Å². The van der Waals surface area contributed by atoms with Gasteiger partial charge >= 0.3 is 6.18 Å². The molecule has 1 heterocycles. The summed E-state index contributed by atoms with van der Waals surface area (Å²) in [7, 11) is 0. The van der Waals surface area contributed by atoms with E-state index in [2.05, 4.69) is 10.3 Å². The average molecular weight is 271 g/mol. The number of nitrogens with one attached hydrogen (secondary N) is 1. The van der Waals surface area contributed by atoms with Crippen LogP contribution in [0.2, 0.25) is 5.02 Å². The Kier molecular flexibility index (Phi) is 5.37. The fourth-order valence-electron chi connectivity index (χ4n) is 0.927. The monoisotopic (exact) mass is 270 g/mol. The van der Waals surface area contributed by atoms with E-state index in [1.165, 1.54) is 11.8 Å². The zero-order valence-electron chi connectivity index (χ0n) is 8.22. The van der Waals surface area contributed by atoms with Gasteiger partial charge in [0.05, 0.1) is 11.6 Å². The van der Waals surface area contributed by atoms with Crippen LogP contribution in [0.1, 0.15) is 0 Å². The highest BCUT2D eigenvalue weighted by molar-refractivity contribution is 7.99. The molecule has 7 heteroatoms. The van der Waals surface area contributed by atoms with Gasteiger partial charge in [0.25, 0.3) is 0 Å². The quantitative estimate of drug-likeness (QED) is 0.658. The van der Waals surface area contributed by atoms with Gasteiger partial charge in [0.15, 0.2) is 0 Å². The third kappa shape index (κ3) is 5.58. The van der Waals surface area contributed by atoms with E-state index in [1.807, 2.05) is 0 Å². The number of alkyl halides is 3. The molecule has 0 bridgehead atoms. The Hall–Kier alpha value is -0.460. The molecule has 1 N–H and O–H groups in total. The Balaban J connectivity index is 2.19. The molecule has 0 aromatic carbocycles. The fraction of sp³-hybridized carbons (Fsp3) is 0.444. The Bertz CT molecular complexity index is 333. The molecule has 0 aliphatic carbocycles. The highest BCUT2D eigenvalue weighted by Gasteiger charge is 2.25. The SMILES string of the molecule is FC(F)(F)CNCCSc1ncccc1Cl. The molecule has 0 saturated carbocycles. The topological polar surface area (TPSA) is 24.9 Å². The maximum atomic E-state index is 11.8. The van der Waals surface area contributed by atoms with Crippen molar-refractivity contribution >= 4 is 23.4 Å². The van der Waals surface area contributed by atoms with Crippen molar-refractivity contribution in [1.82, 2.24) is 10.3 Å². The molecule has 0 radical (unpaired) electrons. The molecular formula is C9H10ClF3N2S. The lowest BCUT2D eigenvalue weighted by Gasteiger charge is -2.07. The lowest BCUT2D eigenvalue weighted by Crippen LogP contribution is -2.30. The van der Waals surface area contributed by atoms with Crippen molar-refractivity contribution in [3.8, 4) is 0 Å². The van der Waals surface area contributed by atoms with Crippen LogP contribution >= 0.6 is 23.4 Å². The molecule has 0 fully saturated rings. The van der Waals surface area contributed by atoms with Crippen LogP contribution < -0.4 is 5.32 Å². The maximum absolute atomic E-state index is 11.8. The number of aromatic nitrogens is 1. The van der Waals surface area contributed by atoms with Crippen LogP contribution in [0.5, 0.6) is 0 Å². The molecule has 0 atom stereocenters. The molecule has 0 unspecified atom stereocenters. The first-order chi connectivity index (χ1) is 7.49. The second-order valence-electron chi connectivity index (χ2n) is 2.93. The van der Waals surface area contributed by atoms with Crippen LogP contribution in [0, 0.1) is 0 Å². The van der Waals surface area contributed by atoms with E-state index < -0.39 is 12.7 Å². The average Bonchev–Trinajstić information content (AvgIpc) is 2.18. The van der Waals surface area contributed by atoms with Crippen molar-refractivity contribution in [2.24, 2.45) is 0 Å².